The van der Waals surface area contributed by atoms with Gasteiger partial charge in [-0.25, -0.2) is 9.97 Å². The van der Waals surface area contributed by atoms with Gasteiger partial charge in [-0.15, -0.1) is 5.10 Å². The fourth-order valence-corrected chi connectivity index (χ4v) is 4.17. The second kappa shape index (κ2) is 7.29. The lowest BCUT2D eigenvalue weighted by molar-refractivity contribution is 0.180. The number of aromatic nitrogens is 4. The van der Waals surface area contributed by atoms with E-state index < -0.39 is 0 Å². The maximum Gasteiger partial charge on any atom is 0.313 e. The van der Waals surface area contributed by atoms with Crippen molar-refractivity contribution < 1.29 is 9.15 Å². The molecule has 1 aliphatic carbocycles. The minimum absolute atomic E-state index is 0.0588. The van der Waals surface area contributed by atoms with Crippen LogP contribution in [0.5, 0.6) is 0 Å². The first-order chi connectivity index (χ1) is 14.2. The van der Waals surface area contributed by atoms with Gasteiger partial charge in [0.25, 0.3) is 0 Å². The number of nitrogens with zero attached hydrogens (tertiary/aromatic N) is 5. The average molecular weight is 390 g/mol. The quantitative estimate of drug-likeness (QED) is 0.709. The molecule has 2 aromatic heterocycles. The minimum atomic E-state index is 0.0588. The largest absolute Gasteiger partial charge is 0.404 e. The van der Waals surface area contributed by atoms with Crippen molar-refractivity contribution in [2.75, 3.05) is 30.9 Å². The summed E-state index contributed by atoms with van der Waals surface area (Å²) in [4.78, 5) is 11.8. The molecule has 0 bridgehead atoms. The topological polar surface area (TPSA) is 103 Å². The molecule has 8 nitrogen and oxygen atoms in total. The Hall–Kier alpha value is -3.26. The van der Waals surface area contributed by atoms with Crippen molar-refractivity contribution in [3.8, 4) is 11.5 Å². The van der Waals surface area contributed by atoms with Crippen LogP contribution >= 0.6 is 0 Å². The maximum absolute atomic E-state index is 5.57. The molecule has 0 spiro atoms. The molecule has 0 amide bonds. The van der Waals surface area contributed by atoms with Crippen LogP contribution in [-0.2, 0) is 11.2 Å². The van der Waals surface area contributed by atoms with Crippen LogP contribution in [0.4, 0.5) is 11.8 Å². The Morgan fingerprint density at radius 1 is 1.28 bits per heavy atom. The SMILES string of the molecule is COC[C@H]1CCCN1c1ccnc(C2=CCc3ccc(-c4nnc(N)o4)cc32)n1. The molecule has 1 saturated heterocycles. The monoisotopic (exact) mass is 390 g/mol. The standard InChI is InChI=1S/C21H22N6O2/c1-28-12-15-3-2-10-27(15)18-8-9-23-19(24-18)16-7-6-13-4-5-14(11-17(13)16)20-25-26-21(22)29-20/h4-5,7-9,11,15H,2-3,6,10,12H2,1H3,(H2,22,26)/t15-/m1/s1. The molecule has 0 radical (unpaired) electrons. The molecule has 1 fully saturated rings. The maximum atomic E-state index is 5.57. The second-order valence-electron chi connectivity index (χ2n) is 7.32. The Bertz CT molecular complexity index is 1080. The number of nitrogens with two attached hydrogens (primary N) is 1. The minimum Gasteiger partial charge on any atom is -0.404 e. The van der Waals surface area contributed by atoms with E-state index in [-0.39, 0.29) is 6.01 Å². The molecule has 29 heavy (non-hydrogen) atoms. The van der Waals surface area contributed by atoms with Gasteiger partial charge in [-0.2, -0.15) is 0 Å². The first-order valence-corrected chi connectivity index (χ1v) is 9.75. The molecule has 148 valence electrons. The van der Waals surface area contributed by atoms with E-state index in [1.54, 1.807) is 7.11 Å². The Morgan fingerprint density at radius 2 is 2.21 bits per heavy atom. The molecule has 1 atom stereocenters. The zero-order valence-electron chi connectivity index (χ0n) is 16.2. The van der Waals surface area contributed by atoms with E-state index in [0.717, 1.165) is 54.1 Å². The molecule has 2 aliphatic rings. The van der Waals surface area contributed by atoms with Crippen LogP contribution in [0.1, 0.15) is 29.8 Å². The predicted molar refractivity (Wildman–Crippen MR) is 109 cm³/mol. The van der Waals surface area contributed by atoms with Gasteiger partial charge in [-0.1, -0.05) is 17.2 Å². The Morgan fingerprint density at radius 3 is 3.03 bits per heavy atom. The van der Waals surface area contributed by atoms with Gasteiger partial charge in [0.05, 0.1) is 12.6 Å². The van der Waals surface area contributed by atoms with Gasteiger partial charge in [0.1, 0.15) is 5.82 Å². The molecule has 1 aromatic carbocycles. The summed E-state index contributed by atoms with van der Waals surface area (Å²) in [5.41, 5.74) is 9.74. The molecule has 2 N–H and O–H groups in total. The zero-order chi connectivity index (χ0) is 19.8. The lowest BCUT2D eigenvalue weighted by Crippen LogP contribution is -2.33. The molecule has 5 rings (SSSR count). The van der Waals surface area contributed by atoms with E-state index in [9.17, 15) is 0 Å². The highest BCUT2D eigenvalue weighted by molar-refractivity contribution is 5.84. The molecule has 0 saturated carbocycles. The van der Waals surface area contributed by atoms with Crippen LogP contribution in [-0.4, -0.2) is 46.5 Å². The molecule has 3 aromatic rings. The fourth-order valence-electron chi connectivity index (χ4n) is 4.17. The summed E-state index contributed by atoms with van der Waals surface area (Å²) in [6.07, 6.45) is 7.12. The number of benzene rings is 1. The van der Waals surface area contributed by atoms with Crippen molar-refractivity contribution in [3.63, 3.8) is 0 Å². The van der Waals surface area contributed by atoms with Crippen LogP contribution in [0, 0.1) is 0 Å². The van der Waals surface area contributed by atoms with Crippen LogP contribution in [0.15, 0.2) is 41.0 Å². The number of ether oxygens (including phenoxy) is 1. The third-order valence-electron chi connectivity index (χ3n) is 5.53. The lowest BCUT2D eigenvalue weighted by Gasteiger charge is -2.25. The Balaban J connectivity index is 1.48. The fraction of sp³-hybridized carbons (Fsp3) is 0.333. The van der Waals surface area contributed by atoms with Gasteiger partial charge < -0.3 is 19.8 Å². The first kappa shape index (κ1) is 17.8. The highest BCUT2D eigenvalue weighted by Crippen LogP contribution is 2.35. The van der Waals surface area contributed by atoms with Gasteiger partial charge in [0.2, 0.25) is 5.89 Å². The van der Waals surface area contributed by atoms with Crippen LogP contribution in [0.25, 0.3) is 17.0 Å². The Kier molecular flexibility index (Phi) is 4.48. The van der Waals surface area contributed by atoms with Gasteiger partial charge in [-0.05, 0) is 48.6 Å². The van der Waals surface area contributed by atoms with Gasteiger partial charge in [0.15, 0.2) is 5.82 Å². The van der Waals surface area contributed by atoms with Crippen molar-refractivity contribution in [3.05, 3.63) is 53.5 Å². The van der Waals surface area contributed by atoms with Gasteiger partial charge >= 0.3 is 6.01 Å². The number of allylic oxidation sites excluding steroid dienone is 1. The summed E-state index contributed by atoms with van der Waals surface area (Å²) in [7, 11) is 1.75. The highest BCUT2D eigenvalue weighted by atomic mass is 16.5. The number of hydrogen-bond donors (Lipinski definition) is 1. The molecule has 8 heteroatoms. The average Bonchev–Trinajstić information content (AvgIpc) is 3.47. The number of nitrogen functional groups attached to an aromatic ring is 1. The number of fused-ring (bicyclic) bond motifs is 1. The summed E-state index contributed by atoms with van der Waals surface area (Å²) in [5.74, 6) is 2.09. The summed E-state index contributed by atoms with van der Waals surface area (Å²) < 4.78 is 10.8. The van der Waals surface area contributed by atoms with Crippen molar-refractivity contribution >= 4 is 17.4 Å². The highest BCUT2D eigenvalue weighted by Gasteiger charge is 2.27. The van der Waals surface area contributed by atoms with Crippen molar-refractivity contribution in [2.24, 2.45) is 0 Å². The third kappa shape index (κ3) is 3.25. The molecule has 1 aliphatic heterocycles. The van der Waals surface area contributed by atoms with E-state index in [1.807, 2.05) is 24.4 Å². The van der Waals surface area contributed by atoms with E-state index in [2.05, 4.69) is 32.2 Å². The summed E-state index contributed by atoms with van der Waals surface area (Å²) >= 11 is 0. The molecule has 0 unspecified atom stereocenters. The van der Waals surface area contributed by atoms with Gasteiger partial charge in [-0.3, -0.25) is 0 Å². The molecule has 3 heterocycles. The smallest absolute Gasteiger partial charge is 0.313 e. The molecular formula is C21H22N6O2. The van der Waals surface area contributed by atoms with E-state index in [1.165, 1.54) is 5.56 Å². The van der Waals surface area contributed by atoms with E-state index in [0.29, 0.717) is 18.5 Å². The second-order valence-corrected chi connectivity index (χ2v) is 7.32. The van der Waals surface area contributed by atoms with Crippen molar-refractivity contribution in [2.45, 2.75) is 25.3 Å². The summed E-state index contributed by atoms with van der Waals surface area (Å²) in [6, 6.07) is 8.49. The number of anilines is 2. The van der Waals surface area contributed by atoms with Crippen LogP contribution < -0.4 is 10.6 Å². The van der Waals surface area contributed by atoms with Crippen LogP contribution in [0.3, 0.4) is 0 Å². The number of hydrogen-bond acceptors (Lipinski definition) is 8. The van der Waals surface area contributed by atoms with E-state index in [4.69, 9.17) is 19.9 Å². The predicted octanol–water partition coefficient (Wildman–Crippen LogP) is 2.71. The zero-order valence-corrected chi connectivity index (χ0v) is 16.2. The lowest BCUT2D eigenvalue weighted by atomic mass is 10.0. The van der Waals surface area contributed by atoms with Crippen molar-refractivity contribution in [1.29, 1.82) is 0 Å². The summed E-state index contributed by atoms with van der Waals surface area (Å²) in [6.45, 7) is 1.70. The number of methoxy groups -OCH3 is 1. The van der Waals surface area contributed by atoms with Crippen LogP contribution in [0.2, 0.25) is 0 Å². The van der Waals surface area contributed by atoms with Crippen molar-refractivity contribution in [1.82, 2.24) is 20.2 Å². The normalized spacial score (nSPS) is 18.2. The van der Waals surface area contributed by atoms with E-state index >= 15 is 0 Å². The van der Waals surface area contributed by atoms with Gasteiger partial charge in [0, 0.05) is 31.0 Å². The first-order valence-electron chi connectivity index (χ1n) is 9.75. The Labute approximate surface area is 168 Å². The number of rotatable bonds is 5. The molecular weight excluding hydrogens is 368 g/mol. The summed E-state index contributed by atoms with van der Waals surface area (Å²) in [5, 5.41) is 7.74. The third-order valence-corrected chi connectivity index (χ3v) is 5.53.